The summed E-state index contributed by atoms with van der Waals surface area (Å²) in [5, 5.41) is 0. The first kappa shape index (κ1) is 12.5. The third-order valence-corrected chi connectivity index (χ3v) is 5.66. The van der Waals surface area contributed by atoms with E-state index in [1.807, 2.05) is 0 Å². The summed E-state index contributed by atoms with van der Waals surface area (Å²) in [7, 11) is 0. The molecular formula is C17H22O3. The topological polar surface area (TPSA) is 35.5 Å². The molecule has 0 aromatic carbocycles. The lowest BCUT2D eigenvalue weighted by atomic mass is 9.94. The van der Waals surface area contributed by atoms with E-state index in [-0.39, 0.29) is 0 Å². The first-order chi connectivity index (χ1) is 9.78. The number of carbonyl (C=O) groups excluding carboxylic acids is 1. The first-order valence-corrected chi connectivity index (χ1v) is 7.94. The van der Waals surface area contributed by atoms with Crippen molar-refractivity contribution in [2.45, 2.75) is 25.7 Å². The lowest BCUT2D eigenvalue weighted by Gasteiger charge is -2.19. The zero-order valence-corrected chi connectivity index (χ0v) is 11.7. The fraction of sp³-hybridized carbons (Fsp3) is 0.706. The molecule has 0 amide bonds. The van der Waals surface area contributed by atoms with E-state index in [0.29, 0.717) is 36.9 Å². The van der Waals surface area contributed by atoms with Gasteiger partial charge < -0.3 is 9.47 Å². The van der Waals surface area contributed by atoms with Gasteiger partial charge in [-0.2, -0.15) is 0 Å². The second-order valence-corrected chi connectivity index (χ2v) is 6.95. The Morgan fingerprint density at radius 1 is 0.800 bits per heavy atom. The summed E-state index contributed by atoms with van der Waals surface area (Å²) < 4.78 is 10.6. The number of fused-ring (bicyclic) bond motifs is 4. The molecule has 4 rings (SSSR count). The van der Waals surface area contributed by atoms with Crippen LogP contribution in [0.1, 0.15) is 25.7 Å². The number of rotatable bonds is 4. The van der Waals surface area contributed by atoms with Crippen molar-refractivity contribution in [3.05, 3.63) is 24.3 Å². The summed E-state index contributed by atoms with van der Waals surface area (Å²) >= 11 is 0. The van der Waals surface area contributed by atoms with Gasteiger partial charge in [0.25, 0.3) is 0 Å². The van der Waals surface area contributed by atoms with Crippen molar-refractivity contribution < 1.29 is 14.3 Å². The molecular weight excluding hydrogens is 252 g/mol. The molecule has 0 N–H and O–H groups in total. The van der Waals surface area contributed by atoms with E-state index < -0.39 is 6.16 Å². The average Bonchev–Trinajstić information content (AvgIpc) is 3.21. The minimum atomic E-state index is -0.469. The fourth-order valence-electron chi connectivity index (χ4n) is 4.56. The SMILES string of the molecule is O=C(OCC1CC2C=CC1C2)OCC1CC2C=CC1C2. The molecule has 0 saturated heterocycles. The van der Waals surface area contributed by atoms with Gasteiger partial charge in [-0.1, -0.05) is 24.3 Å². The van der Waals surface area contributed by atoms with Crippen LogP contribution in [0.25, 0.3) is 0 Å². The first-order valence-electron chi connectivity index (χ1n) is 7.94. The van der Waals surface area contributed by atoms with Gasteiger partial charge in [0, 0.05) is 11.8 Å². The van der Waals surface area contributed by atoms with Crippen LogP contribution in [0.5, 0.6) is 0 Å². The largest absolute Gasteiger partial charge is 0.508 e. The van der Waals surface area contributed by atoms with Gasteiger partial charge in [-0.25, -0.2) is 4.79 Å². The van der Waals surface area contributed by atoms with Crippen LogP contribution in [0.3, 0.4) is 0 Å². The third kappa shape index (κ3) is 2.27. The fourth-order valence-corrected chi connectivity index (χ4v) is 4.56. The molecule has 3 nitrogen and oxygen atoms in total. The highest BCUT2D eigenvalue weighted by Crippen LogP contribution is 2.44. The minimum absolute atomic E-state index is 0.469. The minimum Gasteiger partial charge on any atom is -0.434 e. The van der Waals surface area contributed by atoms with Crippen molar-refractivity contribution in [3.63, 3.8) is 0 Å². The summed E-state index contributed by atoms with van der Waals surface area (Å²) in [6, 6.07) is 0. The lowest BCUT2D eigenvalue weighted by Crippen LogP contribution is -2.21. The van der Waals surface area contributed by atoms with Crippen LogP contribution in [0, 0.1) is 35.5 Å². The molecule has 0 aromatic heterocycles. The highest BCUT2D eigenvalue weighted by molar-refractivity contribution is 5.59. The maximum absolute atomic E-state index is 11.7. The maximum Gasteiger partial charge on any atom is 0.508 e. The Bertz CT molecular complexity index is 413. The molecule has 4 aliphatic rings. The summed E-state index contributed by atoms with van der Waals surface area (Å²) in [5.74, 6) is 3.74. The monoisotopic (exact) mass is 274 g/mol. The maximum atomic E-state index is 11.7. The van der Waals surface area contributed by atoms with Gasteiger partial charge in [-0.05, 0) is 49.4 Å². The number of carbonyl (C=O) groups is 1. The number of hydrogen-bond donors (Lipinski definition) is 0. The molecule has 6 atom stereocenters. The molecule has 0 radical (unpaired) electrons. The predicted molar refractivity (Wildman–Crippen MR) is 75.0 cm³/mol. The van der Waals surface area contributed by atoms with Gasteiger partial charge in [0.15, 0.2) is 0 Å². The predicted octanol–water partition coefficient (Wildman–Crippen LogP) is 3.56. The Hall–Kier alpha value is -1.25. The molecule has 108 valence electrons. The summed E-state index contributed by atoms with van der Waals surface area (Å²) in [6.07, 6.45) is 13.6. The van der Waals surface area contributed by atoms with Crippen molar-refractivity contribution in [1.29, 1.82) is 0 Å². The van der Waals surface area contributed by atoms with Crippen molar-refractivity contribution in [3.8, 4) is 0 Å². The van der Waals surface area contributed by atoms with Crippen LogP contribution in [0.2, 0.25) is 0 Å². The van der Waals surface area contributed by atoms with E-state index in [0.717, 1.165) is 11.8 Å². The Morgan fingerprint density at radius 2 is 1.30 bits per heavy atom. The average molecular weight is 274 g/mol. The Kier molecular flexibility index (Phi) is 3.08. The zero-order valence-electron chi connectivity index (χ0n) is 11.7. The molecule has 20 heavy (non-hydrogen) atoms. The molecule has 2 saturated carbocycles. The molecule has 0 aromatic rings. The van der Waals surface area contributed by atoms with Crippen LogP contribution in [-0.4, -0.2) is 19.4 Å². The quantitative estimate of drug-likeness (QED) is 0.581. The Morgan fingerprint density at radius 3 is 1.65 bits per heavy atom. The van der Waals surface area contributed by atoms with Crippen molar-refractivity contribution in [2.75, 3.05) is 13.2 Å². The molecule has 3 heteroatoms. The van der Waals surface area contributed by atoms with Crippen LogP contribution < -0.4 is 0 Å². The van der Waals surface area contributed by atoms with E-state index in [4.69, 9.17) is 9.47 Å². The normalized spacial score (nSPS) is 43.4. The lowest BCUT2D eigenvalue weighted by molar-refractivity contribution is 0.0296. The van der Waals surface area contributed by atoms with Gasteiger partial charge in [0.1, 0.15) is 0 Å². The molecule has 2 fully saturated rings. The Balaban J connectivity index is 1.18. The van der Waals surface area contributed by atoms with Crippen LogP contribution in [0.15, 0.2) is 24.3 Å². The standard InChI is InChI=1S/C17H22O3/c18-17(19-9-15-7-11-1-3-13(15)5-11)20-10-16-8-12-2-4-14(16)6-12/h1-4,11-16H,5-10H2. The van der Waals surface area contributed by atoms with E-state index in [2.05, 4.69) is 24.3 Å². The molecule has 4 aliphatic carbocycles. The summed E-state index contributed by atoms with van der Waals surface area (Å²) in [4.78, 5) is 11.7. The van der Waals surface area contributed by atoms with Gasteiger partial charge in [0.05, 0.1) is 13.2 Å². The van der Waals surface area contributed by atoms with E-state index in [9.17, 15) is 4.79 Å². The number of ether oxygens (including phenoxy) is 2. The van der Waals surface area contributed by atoms with E-state index >= 15 is 0 Å². The van der Waals surface area contributed by atoms with Crippen LogP contribution in [-0.2, 0) is 9.47 Å². The smallest absolute Gasteiger partial charge is 0.434 e. The molecule has 0 heterocycles. The van der Waals surface area contributed by atoms with Crippen molar-refractivity contribution in [2.24, 2.45) is 35.5 Å². The van der Waals surface area contributed by atoms with Crippen molar-refractivity contribution >= 4 is 6.16 Å². The highest BCUT2D eigenvalue weighted by Gasteiger charge is 2.37. The van der Waals surface area contributed by atoms with Gasteiger partial charge >= 0.3 is 6.16 Å². The van der Waals surface area contributed by atoms with E-state index in [1.165, 1.54) is 25.7 Å². The molecule has 0 spiro atoms. The van der Waals surface area contributed by atoms with Crippen LogP contribution >= 0.6 is 0 Å². The van der Waals surface area contributed by atoms with Crippen molar-refractivity contribution in [1.82, 2.24) is 0 Å². The Labute approximate surface area is 120 Å². The molecule has 6 unspecified atom stereocenters. The van der Waals surface area contributed by atoms with Gasteiger partial charge in [-0.3, -0.25) is 0 Å². The highest BCUT2D eigenvalue weighted by atomic mass is 16.7. The number of hydrogen-bond acceptors (Lipinski definition) is 3. The second kappa shape index (κ2) is 4.94. The number of allylic oxidation sites excluding steroid dienone is 4. The summed E-state index contributed by atoms with van der Waals surface area (Å²) in [5.41, 5.74) is 0. The summed E-state index contributed by atoms with van der Waals surface area (Å²) in [6.45, 7) is 1.06. The van der Waals surface area contributed by atoms with E-state index in [1.54, 1.807) is 0 Å². The third-order valence-electron chi connectivity index (χ3n) is 5.66. The zero-order chi connectivity index (χ0) is 13.5. The van der Waals surface area contributed by atoms with Gasteiger partial charge in [-0.15, -0.1) is 0 Å². The van der Waals surface area contributed by atoms with Crippen LogP contribution in [0.4, 0.5) is 4.79 Å². The molecule has 4 bridgehead atoms. The second-order valence-electron chi connectivity index (χ2n) is 6.95. The molecule has 0 aliphatic heterocycles. The van der Waals surface area contributed by atoms with Gasteiger partial charge in [0.2, 0.25) is 0 Å².